The molecule has 0 rings (SSSR count). The van der Waals surface area contributed by atoms with Gasteiger partial charge in [0.05, 0.1) is 0 Å². The zero-order valence-corrected chi connectivity index (χ0v) is 8.68. The summed E-state index contributed by atoms with van der Waals surface area (Å²) in [6, 6.07) is 0. The highest BCUT2D eigenvalue weighted by Crippen LogP contribution is 2.27. The second kappa shape index (κ2) is 3.96. The Kier molecular flexibility index (Phi) is 3.94. The number of allylic oxidation sites excluding steroid dienone is 4. The monoisotopic (exact) mass is 248 g/mol. The van der Waals surface area contributed by atoms with Crippen LogP contribution < -0.4 is 0 Å². The Morgan fingerprint density at radius 1 is 1.40 bits per heavy atom. The summed E-state index contributed by atoms with van der Waals surface area (Å²) < 4.78 is 0.160. The van der Waals surface area contributed by atoms with E-state index in [0.717, 1.165) is 0 Å². The van der Waals surface area contributed by atoms with Gasteiger partial charge >= 0.3 is 0 Å². The van der Waals surface area contributed by atoms with Gasteiger partial charge in [-0.25, -0.2) is 0 Å². The maximum absolute atomic E-state index is 3.73. The van der Waals surface area contributed by atoms with Gasteiger partial charge in [-0.15, -0.1) is 0 Å². The Morgan fingerprint density at radius 3 is 2.00 bits per heavy atom. The van der Waals surface area contributed by atoms with E-state index in [1.54, 1.807) is 6.08 Å². The van der Waals surface area contributed by atoms with Crippen LogP contribution in [0.15, 0.2) is 37.0 Å². The predicted octanol–water partition coefficient (Wildman–Crippen LogP) is 3.50. The van der Waals surface area contributed by atoms with Crippen molar-refractivity contribution in [3.8, 4) is 0 Å². The van der Waals surface area contributed by atoms with E-state index in [1.165, 1.54) is 5.57 Å². The lowest BCUT2D eigenvalue weighted by Gasteiger charge is -2.16. The average Bonchev–Trinajstić information content (AvgIpc) is 1.80. The number of hydrogen-bond acceptors (Lipinski definition) is 0. The first kappa shape index (κ1) is 9.95. The summed E-state index contributed by atoms with van der Waals surface area (Å²) in [6.45, 7) is 11.6. The lowest BCUT2D eigenvalue weighted by molar-refractivity contribution is 0.901. The fourth-order valence-electron chi connectivity index (χ4n) is 0.636. The van der Waals surface area contributed by atoms with E-state index >= 15 is 0 Å². The summed E-state index contributed by atoms with van der Waals surface area (Å²) in [4.78, 5) is 0. The maximum atomic E-state index is 3.73. The molecule has 0 fully saturated rings. The molecule has 0 aromatic heterocycles. The minimum absolute atomic E-state index is 0.160. The molecule has 0 aliphatic rings. The van der Waals surface area contributed by atoms with Gasteiger partial charge in [0.25, 0.3) is 0 Å². The van der Waals surface area contributed by atoms with Crippen molar-refractivity contribution in [1.29, 1.82) is 0 Å². The van der Waals surface area contributed by atoms with Gasteiger partial charge in [0, 0.05) is 3.42 Å². The van der Waals surface area contributed by atoms with Crippen LogP contribution in [0, 0.1) is 0 Å². The van der Waals surface area contributed by atoms with Crippen LogP contribution in [0.25, 0.3) is 0 Å². The first-order chi connectivity index (χ1) is 4.52. The van der Waals surface area contributed by atoms with Crippen LogP contribution in [0.5, 0.6) is 0 Å². The van der Waals surface area contributed by atoms with E-state index in [-0.39, 0.29) is 3.42 Å². The normalized spacial score (nSPS) is 12.9. The molecule has 0 saturated heterocycles. The Balaban J connectivity index is 4.51. The first-order valence-electron chi connectivity index (χ1n) is 3.17. The van der Waals surface area contributed by atoms with Crippen LogP contribution in [0.3, 0.4) is 0 Å². The molecule has 10 heavy (non-hydrogen) atoms. The van der Waals surface area contributed by atoms with Crippen molar-refractivity contribution in [1.82, 2.24) is 0 Å². The van der Waals surface area contributed by atoms with Gasteiger partial charge in [0.15, 0.2) is 0 Å². The maximum Gasteiger partial charge on any atom is 0.0413 e. The molecule has 0 unspecified atom stereocenters. The first-order valence-corrected chi connectivity index (χ1v) is 4.24. The number of rotatable bonds is 3. The van der Waals surface area contributed by atoms with Crippen LogP contribution >= 0.6 is 22.6 Å². The van der Waals surface area contributed by atoms with Crippen molar-refractivity contribution in [2.45, 2.75) is 17.3 Å². The summed E-state index contributed by atoms with van der Waals surface area (Å²) in [5.74, 6) is 0. The highest BCUT2D eigenvalue weighted by Gasteiger charge is 2.14. The molecule has 0 aromatic carbocycles. The molecular formula is C9H13I. The van der Waals surface area contributed by atoms with Gasteiger partial charge in [-0.05, 0) is 19.4 Å². The molecule has 0 aliphatic carbocycles. The second-order valence-corrected chi connectivity index (χ2v) is 5.23. The molecule has 0 amide bonds. The second-order valence-electron chi connectivity index (χ2n) is 2.53. The third-order valence-corrected chi connectivity index (χ3v) is 1.83. The predicted molar refractivity (Wildman–Crippen MR) is 56.6 cm³/mol. The Morgan fingerprint density at radius 2 is 1.90 bits per heavy atom. The molecule has 0 N–H and O–H groups in total. The summed E-state index contributed by atoms with van der Waals surface area (Å²) in [5, 5.41) is 0. The fourth-order valence-corrected chi connectivity index (χ4v) is 1.04. The molecule has 0 atom stereocenters. The van der Waals surface area contributed by atoms with Crippen LogP contribution in [0.4, 0.5) is 0 Å². The third kappa shape index (κ3) is 3.20. The van der Waals surface area contributed by atoms with Gasteiger partial charge in [-0.1, -0.05) is 54.0 Å². The Bertz CT molecular complexity index is 158. The SMILES string of the molecule is C=C/C=C(\C=C)C(C)(C)I. The van der Waals surface area contributed by atoms with Crippen LogP contribution in [-0.2, 0) is 0 Å². The van der Waals surface area contributed by atoms with Crippen molar-refractivity contribution in [2.24, 2.45) is 0 Å². The highest BCUT2D eigenvalue weighted by molar-refractivity contribution is 14.1. The number of alkyl halides is 1. The number of hydrogen-bond donors (Lipinski definition) is 0. The van der Waals surface area contributed by atoms with Crippen molar-refractivity contribution >= 4 is 22.6 Å². The van der Waals surface area contributed by atoms with Gasteiger partial charge in [0.1, 0.15) is 0 Å². The molecular weight excluding hydrogens is 235 g/mol. The smallest absolute Gasteiger partial charge is 0.0413 e. The Hall–Kier alpha value is -0.0500. The van der Waals surface area contributed by atoms with Crippen LogP contribution in [0.2, 0.25) is 0 Å². The van der Waals surface area contributed by atoms with Gasteiger partial charge in [0.2, 0.25) is 0 Å². The van der Waals surface area contributed by atoms with Gasteiger partial charge in [-0.2, -0.15) is 0 Å². The highest BCUT2D eigenvalue weighted by atomic mass is 127. The average molecular weight is 248 g/mol. The summed E-state index contributed by atoms with van der Waals surface area (Å²) in [5.41, 5.74) is 1.21. The van der Waals surface area contributed by atoms with Crippen molar-refractivity contribution < 1.29 is 0 Å². The molecule has 56 valence electrons. The standard InChI is InChI=1S/C9H13I/c1-5-7-8(6-2)9(3,4)10/h5-7H,1-2H2,3-4H3/b8-7+. The summed E-state index contributed by atoms with van der Waals surface area (Å²) >= 11 is 2.37. The zero-order valence-electron chi connectivity index (χ0n) is 6.52. The van der Waals surface area contributed by atoms with Crippen molar-refractivity contribution in [2.75, 3.05) is 0 Å². The lowest BCUT2D eigenvalue weighted by Crippen LogP contribution is -2.10. The topological polar surface area (TPSA) is 0 Å². The van der Waals surface area contributed by atoms with Gasteiger partial charge in [-0.3, -0.25) is 0 Å². The van der Waals surface area contributed by atoms with E-state index in [0.29, 0.717) is 0 Å². The third-order valence-electron chi connectivity index (χ3n) is 1.20. The fraction of sp³-hybridized carbons (Fsp3) is 0.333. The van der Waals surface area contributed by atoms with E-state index in [1.807, 2.05) is 12.2 Å². The molecule has 0 aliphatic heterocycles. The summed E-state index contributed by atoms with van der Waals surface area (Å²) in [6.07, 6.45) is 5.64. The molecule has 0 nitrogen and oxygen atoms in total. The van der Waals surface area contributed by atoms with E-state index < -0.39 is 0 Å². The van der Waals surface area contributed by atoms with E-state index in [9.17, 15) is 0 Å². The largest absolute Gasteiger partial charge is 0.0991 e. The van der Waals surface area contributed by atoms with Crippen molar-refractivity contribution in [3.05, 3.63) is 37.0 Å². The van der Waals surface area contributed by atoms with E-state index in [4.69, 9.17) is 0 Å². The molecule has 0 aromatic rings. The molecule has 0 saturated carbocycles. The lowest BCUT2D eigenvalue weighted by atomic mass is 10.0. The molecule has 0 heterocycles. The molecule has 1 heteroatoms. The quantitative estimate of drug-likeness (QED) is 0.407. The number of halogens is 1. The molecule has 0 radical (unpaired) electrons. The van der Waals surface area contributed by atoms with Crippen molar-refractivity contribution in [3.63, 3.8) is 0 Å². The van der Waals surface area contributed by atoms with Crippen LogP contribution in [0.1, 0.15) is 13.8 Å². The molecule has 0 spiro atoms. The molecule has 0 bridgehead atoms. The Labute approximate surface area is 76.9 Å². The summed E-state index contributed by atoms with van der Waals surface area (Å²) in [7, 11) is 0. The van der Waals surface area contributed by atoms with Crippen LogP contribution in [-0.4, -0.2) is 3.42 Å². The zero-order chi connectivity index (χ0) is 8.20. The van der Waals surface area contributed by atoms with E-state index in [2.05, 4.69) is 49.6 Å². The minimum atomic E-state index is 0.160. The minimum Gasteiger partial charge on any atom is -0.0991 e. The van der Waals surface area contributed by atoms with Gasteiger partial charge < -0.3 is 0 Å².